The van der Waals surface area contributed by atoms with E-state index in [0.29, 0.717) is 0 Å². The van der Waals surface area contributed by atoms with Crippen molar-refractivity contribution in [1.29, 1.82) is 0 Å². The number of hydrazine groups is 1. The van der Waals surface area contributed by atoms with Gasteiger partial charge in [0.25, 0.3) is 0 Å². The van der Waals surface area contributed by atoms with Crippen LogP contribution < -0.4 is 11.3 Å². The molecule has 1 aromatic carbocycles. The summed E-state index contributed by atoms with van der Waals surface area (Å²) in [4.78, 5) is 0. The van der Waals surface area contributed by atoms with Crippen LogP contribution in [0.2, 0.25) is 0 Å². The van der Waals surface area contributed by atoms with E-state index in [4.69, 9.17) is 5.84 Å². The second-order valence-corrected chi connectivity index (χ2v) is 5.48. The Hall–Kier alpha value is -0.380. The van der Waals surface area contributed by atoms with Crippen molar-refractivity contribution in [3.8, 4) is 0 Å². The molecule has 0 bridgehead atoms. The summed E-state index contributed by atoms with van der Waals surface area (Å²) in [7, 11) is 0. The molecule has 17 heavy (non-hydrogen) atoms. The summed E-state index contributed by atoms with van der Waals surface area (Å²) in [6.45, 7) is 6.47. The van der Waals surface area contributed by atoms with E-state index >= 15 is 0 Å². The third kappa shape index (κ3) is 4.09. The van der Waals surface area contributed by atoms with E-state index in [1.54, 1.807) is 0 Å². The molecule has 0 amide bonds. The molecule has 0 fully saturated rings. The topological polar surface area (TPSA) is 38.0 Å². The molecular weight excluding hydrogens is 276 g/mol. The lowest BCUT2D eigenvalue weighted by Gasteiger charge is -2.18. The fourth-order valence-electron chi connectivity index (χ4n) is 2.13. The van der Waals surface area contributed by atoms with Gasteiger partial charge in [0.2, 0.25) is 0 Å². The van der Waals surface area contributed by atoms with Crippen molar-refractivity contribution in [2.75, 3.05) is 0 Å². The minimum atomic E-state index is 0.270. The molecule has 1 atom stereocenters. The second-order valence-electron chi connectivity index (χ2n) is 4.68. The Labute approximate surface area is 113 Å². The fourth-order valence-corrected chi connectivity index (χ4v) is 2.35. The molecule has 0 spiro atoms. The van der Waals surface area contributed by atoms with Gasteiger partial charge < -0.3 is 0 Å². The largest absolute Gasteiger partial charge is 0.271 e. The highest BCUT2D eigenvalue weighted by Gasteiger charge is 2.11. The van der Waals surface area contributed by atoms with Crippen molar-refractivity contribution >= 4 is 15.9 Å². The van der Waals surface area contributed by atoms with E-state index in [0.717, 1.165) is 6.42 Å². The molecule has 3 heteroatoms. The van der Waals surface area contributed by atoms with Crippen LogP contribution in [0.3, 0.4) is 0 Å². The van der Waals surface area contributed by atoms with E-state index in [1.807, 2.05) is 0 Å². The molecule has 96 valence electrons. The number of unbranched alkanes of at least 4 members (excludes halogenated alkanes) is 2. The smallest absolute Gasteiger partial charge is 0.0460 e. The maximum Gasteiger partial charge on any atom is 0.0460 e. The Morgan fingerprint density at radius 1 is 1.24 bits per heavy atom. The maximum absolute atomic E-state index is 5.66. The highest BCUT2D eigenvalue weighted by Crippen LogP contribution is 2.27. The van der Waals surface area contributed by atoms with Gasteiger partial charge in [-0.05, 0) is 37.0 Å². The molecule has 1 unspecified atom stereocenters. The van der Waals surface area contributed by atoms with Gasteiger partial charge in [-0.15, -0.1) is 0 Å². The van der Waals surface area contributed by atoms with Crippen molar-refractivity contribution in [2.45, 2.75) is 52.5 Å². The molecule has 0 aliphatic heterocycles. The van der Waals surface area contributed by atoms with E-state index in [9.17, 15) is 0 Å². The molecule has 3 N–H and O–H groups in total. The Kier molecular flexibility index (Phi) is 6.17. The summed E-state index contributed by atoms with van der Waals surface area (Å²) in [6.07, 6.45) is 4.84. The average Bonchev–Trinajstić information content (AvgIpc) is 2.31. The van der Waals surface area contributed by atoms with E-state index < -0.39 is 0 Å². The Bertz CT molecular complexity index is 340. The van der Waals surface area contributed by atoms with Crippen LogP contribution in [0.1, 0.15) is 55.3 Å². The van der Waals surface area contributed by atoms with Gasteiger partial charge >= 0.3 is 0 Å². The number of benzene rings is 1. The first kappa shape index (κ1) is 14.7. The van der Waals surface area contributed by atoms with E-state index in [-0.39, 0.29) is 6.04 Å². The predicted octanol–water partition coefficient (Wildman–Crippen LogP) is 4.15. The molecular formula is C14H23BrN2. The zero-order valence-corrected chi connectivity index (χ0v) is 12.6. The van der Waals surface area contributed by atoms with Crippen LogP contribution in [0.4, 0.5) is 0 Å². The molecule has 1 aromatic rings. The first-order chi connectivity index (χ1) is 8.10. The Morgan fingerprint density at radius 3 is 2.29 bits per heavy atom. The van der Waals surface area contributed by atoms with Crippen LogP contribution in [0.25, 0.3) is 0 Å². The third-order valence-electron chi connectivity index (χ3n) is 3.16. The summed E-state index contributed by atoms with van der Waals surface area (Å²) in [6, 6.07) is 4.70. The minimum absolute atomic E-state index is 0.270. The number of aryl methyl sites for hydroxylation is 2. The van der Waals surface area contributed by atoms with Crippen LogP contribution in [0.5, 0.6) is 0 Å². The molecule has 0 radical (unpaired) electrons. The lowest BCUT2D eigenvalue weighted by molar-refractivity contribution is 0.486. The van der Waals surface area contributed by atoms with Gasteiger partial charge in [0.15, 0.2) is 0 Å². The number of hydrogen-bond donors (Lipinski definition) is 2. The number of rotatable bonds is 6. The highest BCUT2D eigenvalue weighted by molar-refractivity contribution is 9.10. The first-order valence-electron chi connectivity index (χ1n) is 6.33. The van der Waals surface area contributed by atoms with Gasteiger partial charge in [0.1, 0.15) is 0 Å². The van der Waals surface area contributed by atoms with Gasteiger partial charge in [0, 0.05) is 10.5 Å². The highest BCUT2D eigenvalue weighted by atomic mass is 79.9. The van der Waals surface area contributed by atoms with E-state index in [1.165, 1.54) is 40.4 Å². The summed E-state index contributed by atoms with van der Waals surface area (Å²) in [5.41, 5.74) is 6.78. The maximum atomic E-state index is 5.66. The molecule has 0 saturated carbocycles. The van der Waals surface area contributed by atoms with Crippen molar-refractivity contribution in [3.05, 3.63) is 33.3 Å². The lowest BCUT2D eigenvalue weighted by atomic mass is 9.97. The number of nitrogens with two attached hydrogens (primary N) is 1. The standard InChI is InChI=1S/C14H23BrN2/c1-4-5-6-7-13(17-16)12-8-10(2)14(15)11(3)9-12/h8-9,13,17H,4-7,16H2,1-3H3. The fraction of sp³-hybridized carbons (Fsp3) is 0.571. The molecule has 0 heterocycles. The summed E-state index contributed by atoms with van der Waals surface area (Å²) >= 11 is 3.60. The van der Waals surface area contributed by atoms with Crippen molar-refractivity contribution in [2.24, 2.45) is 5.84 Å². The van der Waals surface area contributed by atoms with Gasteiger partial charge in [-0.25, -0.2) is 0 Å². The zero-order chi connectivity index (χ0) is 12.8. The lowest BCUT2D eigenvalue weighted by Crippen LogP contribution is -2.28. The van der Waals surface area contributed by atoms with Gasteiger partial charge in [0.05, 0.1) is 0 Å². The zero-order valence-electron chi connectivity index (χ0n) is 11.0. The van der Waals surface area contributed by atoms with Crippen LogP contribution in [0, 0.1) is 13.8 Å². The number of hydrogen-bond acceptors (Lipinski definition) is 2. The van der Waals surface area contributed by atoms with Crippen molar-refractivity contribution < 1.29 is 0 Å². The van der Waals surface area contributed by atoms with E-state index in [2.05, 4.69) is 54.3 Å². The van der Waals surface area contributed by atoms with Gasteiger partial charge in [-0.3, -0.25) is 11.3 Å². The van der Waals surface area contributed by atoms with Crippen molar-refractivity contribution in [1.82, 2.24) is 5.43 Å². The normalized spacial score (nSPS) is 12.8. The average molecular weight is 299 g/mol. The minimum Gasteiger partial charge on any atom is -0.271 e. The molecule has 1 rings (SSSR count). The molecule has 0 aliphatic carbocycles. The SMILES string of the molecule is CCCCCC(NN)c1cc(C)c(Br)c(C)c1. The number of halogens is 1. The summed E-state index contributed by atoms with van der Waals surface area (Å²) in [5, 5.41) is 0. The van der Waals surface area contributed by atoms with Crippen molar-refractivity contribution in [3.63, 3.8) is 0 Å². The Balaban J connectivity index is 2.81. The summed E-state index contributed by atoms with van der Waals surface area (Å²) in [5.74, 6) is 5.66. The second kappa shape index (κ2) is 7.14. The predicted molar refractivity (Wildman–Crippen MR) is 77.8 cm³/mol. The Morgan fingerprint density at radius 2 is 1.82 bits per heavy atom. The molecule has 2 nitrogen and oxygen atoms in total. The molecule has 0 aliphatic rings. The van der Waals surface area contributed by atoms with Crippen LogP contribution in [-0.4, -0.2) is 0 Å². The first-order valence-corrected chi connectivity index (χ1v) is 7.12. The third-order valence-corrected chi connectivity index (χ3v) is 4.41. The quantitative estimate of drug-likeness (QED) is 0.470. The monoisotopic (exact) mass is 298 g/mol. The van der Waals surface area contributed by atoms with Gasteiger partial charge in [-0.1, -0.05) is 54.2 Å². The summed E-state index contributed by atoms with van der Waals surface area (Å²) < 4.78 is 1.20. The molecule has 0 aromatic heterocycles. The van der Waals surface area contributed by atoms with Crippen LogP contribution in [0.15, 0.2) is 16.6 Å². The number of nitrogens with one attached hydrogen (secondary N) is 1. The van der Waals surface area contributed by atoms with Gasteiger partial charge in [-0.2, -0.15) is 0 Å². The van der Waals surface area contributed by atoms with Crippen LogP contribution in [-0.2, 0) is 0 Å². The van der Waals surface area contributed by atoms with Crippen LogP contribution >= 0.6 is 15.9 Å². The molecule has 0 saturated heterocycles.